The first-order valence-corrected chi connectivity index (χ1v) is 11.4. The topological polar surface area (TPSA) is 79.0 Å². The van der Waals surface area contributed by atoms with Crippen LogP contribution in [-0.2, 0) is 19.1 Å². The Balaban J connectivity index is 3.05. The van der Waals surface area contributed by atoms with Crippen molar-refractivity contribution in [2.45, 2.75) is 73.4 Å². The molecule has 0 aromatic rings. The predicted molar refractivity (Wildman–Crippen MR) is 123 cm³/mol. The molecule has 31 heavy (non-hydrogen) atoms. The maximum absolute atomic E-state index is 13.5. The Morgan fingerprint density at radius 2 is 1.74 bits per heavy atom. The largest absolute Gasteiger partial charge is 0.463 e. The first kappa shape index (κ1) is 27.1. The number of carbonyl (C=O) groups is 3. The average molecular weight is 438 g/mol. The van der Waals surface area contributed by atoms with Crippen LogP contribution in [0, 0.1) is 17.3 Å². The molecule has 1 N–H and O–H groups in total. The quantitative estimate of drug-likeness (QED) is 0.467. The molecule has 1 aliphatic heterocycles. The Morgan fingerprint density at radius 1 is 1.19 bits per heavy atom. The lowest BCUT2D eigenvalue weighted by atomic mass is 9.84. The normalized spacial score (nSPS) is 18.5. The Labute approximate surface area is 188 Å². The van der Waals surface area contributed by atoms with Crippen LogP contribution in [0.25, 0.3) is 0 Å². The van der Waals surface area contributed by atoms with Gasteiger partial charge in [-0.05, 0) is 58.2 Å². The molecule has 1 heterocycles. The van der Waals surface area contributed by atoms with Gasteiger partial charge in [0.25, 0.3) is 0 Å². The van der Waals surface area contributed by atoms with Gasteiger partial charge in [0, 0.05) is 18.5 Å². The average Bonchev–Trinajstić information content (AvgIpc) is 2.68. The van der Waals surface area contributed by atoms with E-state index >= 15 is 0 Å². The van der Waals surface area contributed by atoms with Crippen LogP contribution in [0.5, 0.6) is 0 Å². The van der Waals surface area contributed by atoms with Gasteiger partial charge in [-0.1, -0.05) is 40.7 Å². The van der Waals surface area contributed by atoms with Crippen LogP contribution < -0.4 is 5.32 Å². The molecule has 2 amide bonds. The maximum Gasteiger partial charge on any atom is 0.333 e. The van der Waals surface area contributed by atoms with Crippen molar-refractivity contribution in [2.75, 3.05) is 33.8 Å². The SMILES string of the molecule is CCOC(=O)/C(C)=C/[C@H](C(C)C)N(C)C(=O)[C@@H](NC(=O)C1CCN(C)CC1)C(C)(C)C. The zero-order valence-corrected chi connectivity index (χ0v) is 20.9. The maximum atomic E-state index is 13.5. The lowest BCUT2D eigenvalue weighted by Crippen LogP contribution is -2.57. The van der Waals surface area contributed by atoms with E-state index < -0.39 is 11.5 Å². The van der Waals surface area contributed by atoms with Crippen molar-refractivity contribution < 1.29 is 19.1 Å². The number of hydrogen-bond acceptors (Lipinski definition) is 5. The van der Waals surface area contributed by atoms with Crippen LogP contribution >= 0.6 is 0 Å². The van der Waals surface area contributed by atoms with E-state index in [2.05, 4.69) is 17.3 Å². The molecule has 178 valence electrons. The highest BCUT2D eigenvalue weighted by Crippen LogP contribution is 2.25. The standard InChI is InChI=1S/C24H43N3O4/c1-10-31-23(30)17(4)15-19(16(2)3)27(9)22(29)20(24(5,6)7)25-21(28)18-11-13-26(8)14-12-18/h15-16,18-20H,10-14H2,1-9H3,(H,25,28)/b17-15+/t19-,20-/m1/s1. The third-order valence-electron chi connectivity index (χ3n) is 5.98. The molecule has 1 aliphatic rings. The van der Waals surface area contributed by atoms with Gasteiger partial charge in [0.1, 0.15) is 6.04 Å². The minimum atomic E-state index is -0.651. The summed E-state index contributed by atoms with van der Waals surface area (Å²) >= 11 is 0. The van der Waals surface area contributed by atoms with Crippen molar-refractivity contribution in [1.82, 2.24) is 15.1 Å². The summed E-state index contributed by atoms with van der Waals surface area (Å²) in [6, 6.07) is -0.941. The van der Waals surface area contributed by atoms with Gasteiger partial charge in [-0.2, -0.15) is 0 Å². The Hall–Kier alpha value is -1.89. The van der Waals surface area contributed by atoms with Gasteiger partial charge in [-0.3, -0.25) is 9.59 Å². The molecule has 2 atom stereocenters. The van der Waals surface area contributed by atoms with Crippen LogP contribution in [0.15, 0.2) is 11.6 Å². The molecule has 7 nitrogen and oxygen atoms in total. The summed E-state index contributed by atoms with van der Waals surface area (Å²) in [6.07, 6.45) is 3.40. The molecule has 0 bridgehead atoms. The number of hydrogen-bond donors (Lipinski definition) is 1. The van der Waals surface area contributed by atoms with E-state index in [0.717, 1.165) is 25.9 Å². The Morgan fingerprint density at radius 3 is 2.19 bits per heavy atom. The molecule has 0 aliphatic carbocycles. The molecule has 0 aromatic heterocycles. The molecule has 1 rings (SSSR count). The van der Waals surface area contributed by atoms with Crippen molar-refractivity contribution in [3.63, 3.8) is 0 Å². The van der Waals surface area contributed by atoms with Crippen molar-refractivity contribution in [3.05, 3.63) is 11.6 Å². The van der Waals surface area contributed by atoms with Crippen LogP contribution in [0.4, 0.5) is 0 Å². The van der Waals surface area contributed by atoms with E-state index in [0.29, 0.717) is 12.2 Å². The van der Waals surface area contributed by atoms with Crippen LogP contribution in [-0.4, -0.2) is 73.5 Å². The highest BCUT2D eigenvalue weighted by Gasteiger charge is 2.38. The first-order chi connectivity index (χ1) is 14.3. The summed E-state index contributed by atoms with van der Waals surface area (Å²) in [5.74, 6) is -0.555. The van der Waals surface area contributed by atoms with Gasteiger partial charge in [0.15, 0.2) is 0 Å². The smallest absolute Gasteiger partial charge is 0.333 e. The highest BCUT2D eigenvalue weighted by atomic mass is 16.5. The zero-order valence-electron chi connectivity index (χ0n) is 20.9. The summed E-state index contributed by atoms with van der Waals surface area (Å²) < 4.78 is 5.08. The highest BCUT2D eigenvalue weighted by molar-refractivity contribution is 5.90. The fraction of sp³-hybridized carbons (Fsp3) is 0.792. The third-order valence-corrected chi connectivity index (χ3v) is 5.98. The molecule has 0 aromatic carbocycles. The first-order valence-electron chi connectivity index (χ1n) is 11.4. The van der Waals surface area contributed by atoms with Crippen LogP contribution in [0.1, 0.15) is 61.3 Å². The number of likely N-dealkylation sites (N-methyl/N-ethyl adjacent to an activating group) is 1. The fourth-order valence-corrected chi connectivity index (χ4v) is 3.85. The summed E-state index contributed by atoms with van der Waals surface area (Å²) in [5, 5.41) is 3.05. The second-order valence-corrected chi connectivity index (χ2v) is 10.1. The van der Waals surface area contributed by atoms with Gasteiger partial charge in [-0.25, -0.2) is 4.79 Å². The molecule has 0 saturated carbocycles. The van der Waals surface area contributed by atoms with E-state index in [4.69, 9.17) is 4.74 Å². The lowest BCUT2D eigenvalue weighted by Gasteiger charge is -2.38. The van der Waals surface area contributed by atoms with Crippen molar-refractivity contribution in [2.24, 2.45) is 17.3 Å². The number of likely N-dealkylation sites (tertiary alicyclic amines) is 1. The number of rotatable bonds is 8. The van der Waals surface area contributed by atoms with E-state index in [9.17, 15) is 14.4 Å². The minimum absolute atomic E-state index is 0.0471. The summed E-state index contributed by atoms with van der Waals surface area (Å²) in [4.78, 5) is 42.4. The molecule has 0 spiro atoms. The molecule has 1 saturated heterocycles. The lowest BCUT2D eigenvalue weighted by molar-refractivity contribution is -0.141. The molecular formula is C24H43N3O4. The van der Waals surface area contributed by atoms with Crippen LogP contribution in [0.3, 0.4) is 0 Å². The molecule has 1 fully saturated rings. The van der Waals surface area contributed by atoms with Gasteiger partial charge >= 0.3 is 5.97 Å². The van der Waals surface area contributed by atoms with Crippen molar-refractivity contribution in [3.8, 4) is 0 Å². The number of nitrogens with zero attached hydrogens (tertiary/aromatic N) is 2. The fourth-order valence-electron chi connectivity index (χ4n) is 3.85. The number of ether oxygens (including phenoxy) is 1. The third kappa shape index (κ3) is 7.95. The van der Waals surface area contributed by atoms with Gasteiger partial charge < -0.3 is 19.9 Å². The Kier molecular flexibility index (Phi) is 10.2. The Bertz CT molecular complexity index is 658. The number of piperidine rings is 1. The second-order valence-electron chi connectivity index (χ2n) is 10.1. The van der Waals surface area contributed by atoms with Crippen molar-refractivity contribution in [1.29, 1.82) is 0 Å². The van der Waals surface area contributed by atoms with E-state index in [1.807, 2.05) is 34.6 Å². The van der Waals surface area contributed by atoms with Crippen molar-refractivity contribution >= 4 is 17.8 Å². The number of nitrogens with one attached hydrogen (secondary N) is 1. The van der Waals surface area contributed by atoms with E-state index in [-0.39, 0.29) is 35.7 Å². The second kappa shape index (κ2) is 11.7. The number of esters is 1. The minimum Gasteiger partial charge on any atom is -0.463 e. The monoisotopic (exact) mass is 437 g/mol. The van der Waals surface area contributed by atoms with Gasteiger partial charge in [0.2, 0.25) is 11.8 Å². The van der Waals surface area contributed by atoms with Gasteiger partial charge in [-0.15, -0.1) is 0 Å². The molecule has 7 heteroatoms. The zero-order chi connectivity index (χ0) is 23.9. The molecular weight excluding hydrogens is 394 g/mol. The molecule has 0 radical (unpaired) electrons. The van der Waals surface area contributed by atoms with E-state index in [1.54, 1.807) is 31.9 Å². The summed E-state index contributed by atoms with van der Waals surface area (Å²) in [6.45, 7) is 15.4. The molecule has 0 unspecified atom stereocenters. The van der Waals surface area contributed by atoms with Gasteiger partial charge in [0.05, 0.1) is 12.6 Å². The predicted octanol–water partition coefficient (Wildman–Crippen LogP) is 2.85. The summed E-state index contributed by atoms with van der Waals surface area (Å²) in [7, 11) is 3.80. The van der Waals surface area contributed by atoms with E-state index in [1.165, 1.54) is 0 Å². The number of amides is 2. The number of carbonyl (C=O) groups excluding carboxylic acids is 3. The van der Waals surface area contributed by atoms with Crippen LogP contribution in [0.2, 0.25) is 0 Å². The summed E-state index contributed by atoms with van der Waals surface area (Å²) in [5.41, 5.74) is 0.0244.